The van der Waals surface area contributed by atoms with E-state index in [1.807, 2.05) is 0 Å². The predicted molar refractivity (Wildman–Crippen MR) is 112 cm³/mol. The maximum atomic E-state index is 12.1. The van der Waals surface area contributed by atoms with Gasteiger partial charge in [-0.15, -0.1) is 0 Å². The van der Waals surface area contributed by atoms with Crippen LogP contribution in [0.2, 0.25) is 0 Å². The number of fused-ring (bicyclic) bond motifs is 2. The summed E-state index contributed by atoms with van der Waals surface area (Å²) in [6, 6.07) is 0. The van der Waals surface area contributed by atoms with E-state index >= 15 is 0 Å². The monoisotopic (exact) mass is 438 g/mol. The Bertz CT molecular complexity index is 698. The molecule has 7 heteroatoms. The summed E-state index contributed by atoms with van der Waals surface area (Å²) in [6.45, 7) is 9.46. The van der Waals surface area contributed by atoms with Gasteiger partial charge in [0.05, 0.1) is 24.7 Å². The molecule has 8 atom stereocenters. The van der Waals surface area contributed by atoms with Gasteiger partial charge >= 0.3 is 11.9 Å². The minimum Gasteiger partial charge on any atom is -0.465 e. The Morgan fingerprint density at radius 3 is 2.55 bits per heavy atom. The van der Waals surface area contributed by atoms with Gasteiger partial charge in [0.25, 0.3) is 0 Å². The fourth-order valence-corrected chi connectivity index (χ4v) is 7.20. The highest BCUT2D eigenvalue weighted by molar-refractivity contribution is 5.67. The third-order valence-corrected chi connectivity index (χ3v) is 9.08. The van der Waals surface area contributed by atoms with Crippen LogP contribution in [-0.2, 0) is 28.5 Å². The molecule has 1 spiro atoms. The zero-order valence-electron chi connectivity index (χ0n) is 19.4. The van der Waals surface area contributed by atoms with Crippen molar-refractivity contribution < 1.29 is 33.6 Å². The fraction of sp³-hybridized carbons (Fsp3) is 0.917. The average Bonchev–Trinajstić information content (AvgIpc) is 3.25. The highest BCUT2D eigenvalue weighted by Gasteiger charge is 2.75. The van der Waals surface area contributed by atoms with Crippen molar-refractivity contribution in [1.82, 2.24) is 0 Å². The first kappa shape index (κ1) is 23.0. The lowest BCUT2D eigenvalue weighted by atomic mass is 9.42. The van der Waals surface area contributed by atoms with Gasteiger partial charge in [0.15, 0.2) is 0 Å². The van der Waals surface area contributed by atoms with Crippen molar-refractivity contribution in [2.24, 2.45) is 28.6 Å². The van der Waals surface area contributed by atoms with Gasteiger partial charge in [-0.2, -0.15) is 0 Å². The lowest BCUT2D eigenvalue weighted by molar-refractivity contribution is -0.232. The maximum Gasteiger partial charge on any atom is 0.302 e. The van der Waals surface area contributed by atoms with Gasteiger partial charge in [-0.1, -0.05) is 20.3 Å². The van der Waals surface area contributed by atoms with E-state index in [4.69, 9.17) is 18.9 Å². The van der Waals surface area contributed by atoms with E-state index in [-0.39, 0.29) is 47.8 Å². The first-order chi connectivity index (χ1) is 14.6. The number of carbonyl (C=O) groups excluding carboxylic acids is 2. The van der Waals surface area contributed by atoms with E-state index < -0.39 is 17.1 Å². The first-order valence-corrected chi connectivity index (χ1v) is 11.8. The van der Waals surface area contributed by atoms with E-state index in [2.05, 4.69) is 13.8 Å². The summed E-state index contributed by atoms with van der Waals surface area (Å²) in [7, 11) is 0. The number of ether oxygens (including phenoxy) is 4. The normalized spacial score (nSPS) is 45.1. The molecular formula is C24H38O7. The van der Waals surface area contributed by atoms with Crippen molar-refractivity contribution in [3.8, 4) is 0 Å². The quantitative estimate of drug-likeness (QED) is 0.503. The van der Waals surface area contributed by atoms with Crippen molar-refractivity contribution in [3.05, 3.63) is 0 Å². The number of aliphatic hydroxyl groups is 1. The lowest BCUT2D eigenvalue weighted by Crippen LogP contribution is -2.67. The second-order valence-corrected chi connectivity index (χ2v) is 10.7. The van der Waals surface area contributed by atoms with E-state index in [1.165, 1.54) is 13.8 Å². The lowest BCUT2D eigenvalue weighted by Gasteiger charge is -2.63. The second kappa shape index (κ2) is 8.31. The van der Waals surface area contributed by atoms with Gasteiger partial charge in [-0.05, 0) is 49.4 Å². The van der Waals surface area contributed by atoms with Crippen LogP contribution in [0.1, 0.15) is 66.2 Å². The molecular weight excluding hydrogens is 400 g/mol. The molecule has 0 bridgehead atoms. The molecule has 4 aliphatic rings. The largest absolute Gasteiger partial charge is 0.465 e. The Hall–Kier alpha value is -1.18. The fourth-order valence-electron chi connectivity index (χ4n) is 7.20. The van der Waals surface area contributed by atoms with Crippen LogP contribution in [0, 0.1) is 28.6 Å². The number of aliphatic hydroxyl groups excluding tert-OH is 1. The van der Waals surface area contributed by atoms with E-state index in [1.54, 1.807) is 0 Å². The van der Waals surface area contributed by atoms with Gasteiger partial charge in [-0.25, -0.2) is 0 Å². The predicted octanol–water partition coefficient (Wildman–Crippen LogP) is 2.87. The molecule has 1 N–H and O–H groups in total. The first-order valence-electron chi connectivity index (χ1n) is 11.8. The molecule has 2 aliphatic carbocycles. The van der Waals surface area contributed by atoms with Gasteiger partial charge in [-0.3, -0.25) is 9.59 Å². The molecule has 0 aromatic heterocycles. The van der Waals surface area contributed by atoms with Gasteiger partial charge in [0.2, 0.25) is 0 Å². The van der Waals surface area contributed by atoms with Crippen LogP contribution in [0.5, 0.6) is 0 Å². The van der Waals surface area contributed by atoms with Crippen LogP contribution in [0.3, 0.4) is 0 Å². The Balaban J connectivity index is 1.73. The minimum absolute atomic E-state index is 0.112. The van der Waals surface area contributed by atoms with Crippen molar-refractivity contribution in [2.75, 3.05) is 26.4 Å². The molecule has 4 fully saturated rings. The highest BCUT2D eigenvalue weighted by Crippen LogP contribution is 2.69. The standard InChI is InChI=1S/C24H38O7/c1-15-10-21(31-17(3)26)24(14-29-16(2)25)20(6-5-8-23(24)13-30-23)22(15,4)11-19(27)18-7-9-28-12-18/h15,18-21,27H,5-14H2,1-4H3/t15-,18+,19+,20-,21+,22+,23+,24+/m1/s1. The van der Waals surface area contributed by atoms with Crippen molar-refractivity contribution in [1.29, 1.82) is 0 Å². The molecule has 7 nitrogen and oxygen atoms in total. The van der Waals surface area contributed by atoms with Crippen molar-refractivity contribution >= 4 is 11.9 Å². The number of esters is 2. The molecule has 31 heavy (non-hydrogen) atoms. The van der Waals surface area contributed by atoms with Crippen molar-refractivity contribution in [2.45, 2.75) is 84.0 Å². The third-order valence-electron chi connectivity index (χ3n) is 9.08. The molecule has 4 rings (SSSR count). The summed E-state index contributed by atoms with van der Waals surface area (Å²) in [5.74, 6) is -0.141. The molecule has 2 saturated carbocycles. The smallest absolute Gasteiger partial charge is 0.302 e. The molecule has 2 saturated heterocycles. The topological polar surface area (TPSA) is 94.6 Å². The number of epoxide rings is 1. The van der Waals surface area contributed by atoms with Crippen LogP contribution in [0.4, 0.5) is 0 Å². The average molecular weight is 439 g/mol. The Labute approximate surface area is 185 Å². The zero-order valence-corrected chi connectivity index (χ0v) is 19.4. The third kappa shape index (κ3) is 3.80. The Morgan fingerprint density at radius 2 is 1.97 bits per heavy atom. The molecule has 0 aromatic carbocycles. The summed E-state index contributed by atoms with van der Waals surface area (Å²) in [5.41, 5.74) is -1.21. The number of hydrogen-bond donors (Lipinski definition) is 1. The number of rotatable bonds is 6. The number of carbonyl (C=O) groups is 2. The zero-order chi connectivity index (χ0) is 22.4. The molecule has 0 aromatic rings. The van der Waals surface area contributed by atoms with E-state index in [9.17, 15) is 14.7 Å². The summed E-state index contributed by atoms with van der Waals surface area (Å²) in [6.07, 6.45) is 4.26. The Kier molecular flexibility index (Phi) is 6.16. The van der Waals surface area contributed by atoms with Gasteiger partial charge in [0, 0.05) is 26.4 Å². The van der Waals surface area contributed by atoms with Gasteiger partial charge < -0.3 is 24.1 Å². The molecule has 0 amide bonds. The van der Waals surface area contributed by atoms with E-state index in [0.29, 0.717) is 32.7 Å². The maximum absolute atomic E-state index is 12.1. The van der Waals surface area contributed by atoms with Crippen LogP contribution in [0.15, 0.2) is 0 Å². The molecule has 2 heterocycles. The minimum atomic E-state index is -0.588. The summed E-state index contributed by atoms with van der Waals surface area (Å²) >= 11 is 0. The van der Waals surface area contributed by atoms with Crippen LogP contribution >= 0.6 is 0 Å². The Morgan fingerprint density at radius 1 is 1.23 bits per heavy atom. The summed E-state index contributed by atoms with van der Waals surface area (Å²) in [5, 5.41) is 11.2. The van der Waals surface area contributed by atoms with Crippen LogP contribution < -0.4 is 0 Å². The highest BCUT2D eigenvalue weighted by atomic mass is 16.6. The van der Waals surface area contributed by atoms with E-state index in [0.717, 1.165) is 25.7 Å². The van der Waals surface area contributed by atoms with Crippen LogP contribution in [0.25, 0.3) is 0 Å². The van der Waals surface area contributed by atoms with Crippen LogP contribution in [-0.4, -0.2) is 61.3 Å². The number of hydrogen-bond acceptors (Lipinski definition) is 7. The second-order valence-electron chi connectivity index (χ2n) is 10.7. The summed E-state index contributed by atoms with van der Waals surface area (Å²) < 4.78 is 23.3. The molecule has 0 radical (unpaired) electrons. The van der Waals surface area contributed by atoms with Crippen molar-refractivity contribution in [3.63, 3.8) is 0 Å². The molecule has 0 unspecified atom stereocenters. The SMILES string of the molecule is CC(=O)OC[C@@]12[C@@H](OC(C)=O)C[C@@H](C)[C@](C)(C[C@H](O)[C@H]3CCOC3)[C@H]1CCC[C@]21CO1. The molecule has 2 aliphatic heterocycles. The molecule has 176 valence electrons. The van der Waals surface area contributed by atoms with Gasteiger partial charge in [0.1, 0.15) is 18.3 Å². The summed E-state index contributed by atoms with van der Waals surface area (Å²) in [4.78, 5) is 24.0.